The quantitative estimate of drug-likeness (QED) is 0.443. The minimum absolute atomic E-state index is 0. The highest BCUT2D eigenvalue weighted by atomic mass is 35.5. The molecule has 1 aromatic carbocycles. The summed E-state index contributed by atoms with van der Waals surface area (Å²) in [4.78, 5) is 9.44. The third-order valence-electron chi connectivity index (χ3n) is 2.61. The van der Waals surface area contributed by atoms with Gasteiger partial charge >= 0.3 is 5.69 Å². The van der Waals surface area contributed by atoms with Crippen molar-refractivity contribution in [3.05, 3.63) is 33.6 Å². The normalized spacial score (nSPS) is 11.0. The summed E-state index contributed by atoms with van der Waals surface area (Å²) < 4.78 is 39.7. The number of rotatable bonds is 7. The van der Waals surface area contributed by atoms with E-state index in [1.165, 1.54) is 6.92 Å². The van der Waals surface area contributed by atoms with Crippen molar-refractivity contribution in [1.82, 2.24) is 10.0 Å². The summed E-state index contributed by atoms with van der Waals surface area (Å²) in [6.45, 7) is 2.10. The number of halogens is 2. The molecule has 1 rings (SSSR count). The Hall–Kier alpha value is -1.29. The molecule has 0 aliphatic carbocycles. The van der Waals surface area contributed by atoms with Gasteiger partial charge in [0.05, 0.1) is 9.82 Å². The number of nitrogens with one attached hydrogen (secondary N) is 2. The number of nitro groups is 1. The number of benzene rings is 1. The molecule has 0 unspecified atom stereocenters. The lowest BCUT2D eigenvalue weighted by Gasteiger charge is -2.08. The van der Waals surface area contributed by atoms with Crippen LogP contribution in [-0.2, 0) is 10.0 Å². The highest BCUT2D eigenvalue weighted by Crippen LogP contribution is 2.24. The molecule has 0 aromatic heterocycles. The predicted octanol–water partition coefficient (Wildman–Crippen LogP) is 1.35. The molecular formula is C11H17ClFN3O4S. The molecular weight excluding hydrogens is 325 g/mol. The monoisotopic (exact) mass is 341 g/mol. The highest BCUT2D eigenvalue weighted by Gasteiger charge is 2.23. The molecule has 0 aliphatic rings. The van der Waals surface area contributed by atoms with E-state index in [0.29, 0.717) is 13.0 Å². The van der Waals surface area contributed by atoms with Crippen molar-refractivity contribution in [3.8, 4) is 0 Å². The molecule has 0 radical (unpaired) electrons. The molecule has 0 saturated heterocycles. The Morgan fingerprint density at radius 1 is 1.33 bits per heavy atom. The number of aryl methyl sites for hydroxylation is 1. The fourth-order valence-electron chi connectivity index (χ4n) is 1.56. The van der Waals surface area contributed by atoms with Crippen LogP contribution < -0.4 is 10.0 Å². The van der Waals surface area contributed by atoms with E-state index in [1.807, 2.05) is 0 Å². The summed E-state index contributed by atoms with van der Waals surface area (Å²) in [6, 6.07) is 1.80. The van der Waals surface area contributed by atoms with Gasteiger partial charge in [-0.15, -0.1) is 12.4 Å². The van der Waals surface area contributed by atoms with Crippen molar-refractivity contribution in [2.24, 2.45) is 0 Å². The maximum absolute atomic E-state index is 13.5. The second-order valence-corrected chi connectivity index (χ2v) is 5.95. The molecule has 0 spiro atoms. The van der Waals surface area contributed by atoms with E-state index in [0.717, 1.165) is 12.1 Å². The predicted molar refractivity (Wildman–Crippen MR) is 78.8 cm³/mol. The summed E-state index contributed by atoms with van der Waals surface area (Å²) >= 11 is 0. The molecule has 0 aliphatic heterocycles. The van der Waals surface area contributed by atoms with Crippen molar-refractivity contribution in [2.45, 2.75) is 18.2 Å². The van der Waals surface area contributed by atoms with Crippen LogP contribution in [0.4, 0.5) is 10.1 Å². The van der Waals surface area contributed by atoms with E-state index >= 15 is 0 Å². The SMILES string of the molecule is CNCCCNS(=O)(=O)c1cc(C)c(F)c([N+](=O)[O-])c1.Cl. The van der Waals surface area contributed by atoms with E-state index in [4.69, 9.17) is 0 Å². The van der Waals surface area contributed by atoms with Gasteiger partial charge in [0.1, 0.15) is 0 Å². The molecule has 0 atom stereocenters. The maximum Gasteiger partial charge on any atom is 0.306 e. The van der Waals surface area contributed by atoms with Crippen molar-refractivity contribution in [2.75, 3.05) is 20.1 Å². The van der Waals surface area contributed by atoms with Gasteiger partial charge in [-0.2, -0.15) is 4.39 Å². The van der Waals surface area contributed by atoms with Crippen LogP contribution in [0.25, 0.3) is 0 Å². The Bertz CT molecular complexity index is 610. The average Bonchev–Trinajstić information content (AvgIpc) is 2.37. The van der Waals surface area contributed by atoms with Gasteiger partial charge in [-0.05, 0) is 38.6 Å². The van der Waals surface area contributed by atoms with E-state index in [1.54, 1.807) is 7.05 Å². The first kappa shape index (κ1) is 19.7. The third kappa shape index (κ3) is 5.20. The van der Waals surface area contributed by atoms with Crippen LogP contribution in [0.1, 0.15) is 12.0 Å². The van der Waals surface area contributed by atoms with E-state index in [9.17, 15) is 22.9 Å². The minimum atomic E-state index is -3.88. The molecule has 0 amide bonds. The Labute approximate surface area is 128 Å². The zero-order valence-corrected chi connectivity index (χ0v) is 13.2. The number of sulfonamides is 1. The molecule has 7 nitrogen and oxygen atoms in total. The van der Waals surface area contributed by atoms with Gasteiger partial charge in [0, 0.05) is 12.6 Å². The van der Waals surface area contributed by atoms with Gasteiger partial charge in [-0.3, -0.25) is 10.1 Å². The minimum Gasteiger partial charge on any atom is -0.320 e. The Balaban J connectivity index is 0.00000400. The van der Waals surface area contributed by atoms with Crippen LogP contribution in [0.2, 0.25) is 0 Å². The molecule has 0 bridgehead atoms. The lowest BCUT2D eigenvalue weighted by Crippen LogP contribution is -2.27. The van der Waals surface area contributed by atoms with Crippen LogP contribution in [0, 0.1) is 22.9 Å². The summed E-state index contributed by atoms with van der Waals surface area (Å²) in [5.41, 5.74) is -0.935. The maximum atomic E-state index is 13.5. The molecule has 10 heteroatoms. The molecule has 0 fully saturated rings. The first-order chi connectivity index (χ1) is 9.29. The van der Waals surface area contributed by atoms with E-state index < -0.39 is 26.5 Å². The lowest BCUT2D eigenvalue weighted by molar-refractivity contribution is -0.387. The molecule has 0 heterocycles. The molecule has 2 N–H and O–H groups in total. The zero-order chi connectivity index (χ0) is 15.3. The fourth-order valence-corrected chi connectivity index (χ4v) is 2.74. The molecule has 21 heavy (non-hydrogen) atoms. The van der Waals surface area contributed by atoms with Gasteiger partial charge in [0.25, 0.3) is 0 Å². The van der Waals surface area contributed by atoms with Crippen molar-refractivity contribution in [3.63, 3.8) is 0 Å². The van der Waals surface area contributed by atoms with E-state index in [2.05, 4.69) is 10.0 Å². The second kappa shape index (κ2) is 8.23. The van der Waals surface area contributed by atoms with Crippen LogP contribution >= 0.6 is 12.4 Å². The second-order valence-electron chi connectivity index (χ2n) is 4.19. The first-order valence-electron chi connectivity index (χ1n) is 5.88. The lowest BCUT2D eigenvalue weighted by atomic mass is 10.2. The number of hydrogen-bond donors (Lipinski definition) is 2. The molecule has 0 saturated carbocycles. The fraction of sp³-hybridized carbons (Fsp3) is 0.455. The van der Waals surface area contributed by atoms with Crippen molar-refractivity contribution < 1.29 is 17.7 Å². The Morgan fingerprint density at radius 3 is 2.48 bits per heavy atom. The van der Waals surface area contributed by atoms with Crippen LogP contribution in [-0.4, -0.2) is 33.5 Å². The number of nitro benzene ring substituents is 1. The molecule has 120 valence electrons. The number of hydrogen-bond acceptors (Lipinski definition) is 5. The Kier molecular flexibility index (Phi) is 7.72. The summed E-state index contributed by atoms with van der Waals surface area (Å²) in [7, 11) is -2.15. The summed E-state index contributed by atoms with van der Waals surface area (Å²) in [5, 5.41) is 13.6. The average molecular weight is 342 g/mol. The van der Waals surface area contributed by atoms with Crippen LogP contribution in [0.3, 0.4) is 0 Å². The molecule has 1 aromatic rings. The van der Waals surface area contributed by atoms with Crippen molar-refractivity contribution in [1.29, 1.82) is 0 Å². The van der Waals surface area contributed by atoms with E-state index in [-0.39, 0.29) is 29.4 Å². The standard InChI is InChI=1S/C11H16FN3O4S.ClH/c1-8-6-9(7-10(11(8)12)15(16)17)20(18,19)14-5-3-4-13-2;/h6-7,13-14H,3-5H2,1-2H3;1H. The van der Waals surface area contributed by atoms with Crippen molar-refractivity contribution >= 4 is 28.1 Å². The summed E-state index contributed by atoms with van der Waals surface area (Å²) in [5.74, 6) is -1.02. The Morgan fingerprint density at radius 2 is 1.95 bits per heavy atom. The van der Waals surface area contributed by atoms with Gasteiger partial charge < -0.3 is 5.32 Å². The summed E-state index contributed by atoms with van der Waals surface area (Å²) in [6.07, 6.45) is 0.567. The van der Waals surface area contributed by atoms with Crippen LogP contribution in [0.5, 0.6) is 0 Å². The highest BCUT2D eigenvalue weighted by molar-refractivity contribution is 7.89. The number of nitrogens with zero attached hydrogens (tertiary/aromatic N) is 1. The topological polar surface area (TPSA) is 101 Å². The largest absolute Gasteiger partial charge is 0.320 e. The van der Waals surface area contributed by atoms with Gasteiger partial charge in [0.2, 0.25) is 15.8 Å². The van der Waals surface area contributed by atoms with Gasteiger partial charge in [0.15, 0.2) is 0 Å². The van der Waals surface area contributed by atoms with Crippen LogP contribution in [0.15, 0.2) is 17.0 Å². The third-order valence-corrected chi connectivity index (χ3v) is 4.05. The zero-order valence-electron chi connectivity index (χ0n) is 11.6. The van der Waals surface area contributed by atoms with Gasteiger partial charge in [-0.25, -0.2) is 13.1 Å². The smallest absolute Gasteiger partial charge is 0.306 e. The van der Waals surface area contributed by atoms with Gasteiger partial charge in [-0.1, -0.05) is 0 Å². The first-order valence-corrected chi connectivity index (χ1v) is 7.36.